The van der Waals surface area contributed by atoms with Crippen molar-refractivity contribution in [3.63, 3.8) is 0 Å². The number of allylic oxidation sites excluding steroid dienone is 2. The Bertz CT molecular complexity index is 971. The van der Waals surface area contributed by atoms with Crippen LogP contribution in [-0.2, 0) is 6.42 Å². The first-order valence-electron chi connectivity index (χ1n) is 10.2. The molecule has 0 saturated carbocycles. The molecule has 1 aliphatic carbocycles. The van der Waals surface area contributed by atoms with Crippen molar-refractivity contribution in [2.75, 3.05) is 25.5 Å². The lowest BCUT2D eigenvalue weighted by Crippen LogP contribution is -2.23. The van der Waals surface area contributed by atoms with Gasteiger partial charge in [0.1, 0.15) is 0 Å². The molecule has 2 aromatic carbocycles. The van der Waals surface area contributed by atoms with Crippen molar-refractivity contribution < 1.29 is 0 Å². The monoisotopic (exact) mass is 401 g/mol. The number of benzene rings is 2. The Morgan fingerprint density at radius 2 is 1.86 bits per heavy atom. The molecule has 3 aromatic rings. The van der Waals surface area contributed by atoms with E-state index in [9.17, 15) is 0 Å². The third-order valence-electron chi connectivity index (χ3n) is 5.09. The van der Waals surface area contributed by atoms with Crippen LogP contribution in [0, 0.1) is 0 Å². The van der Waals surface area contributed by atoms with E-state index in [1.165, 1.54) is 24.0 Å². The van der Waals surface area contributed by atoms with Crippen LogP contribution in [0.1, 0.15) is 18.4 Å². The van der Waals surface area contributed by atoms with E-state index in [0.717, 1.165) is 41.6 Å². The van der Waals surface area contributed by atoms with Crippen LogP contribution < -0.4 is 5.32 Å². The zero-order valence-electron chi connectivity index (χ0n) is 16.8. The van der Waals surface area contributed by atoms with Crippen LogP contribution in [0.2, 0.25) is 0 Å². The lowest BCUT2D eigenvalue weighted by atomic mass is 10.1. The van der Waals surface area contributed by atoms with Gasteiger partial charge in [-0.05, 0) is 49.6 Å². The minimum atomic E-state index is 0.921. The van der Waals surface area contributed by atoms with Gasteiger partial charge >= 0.3 is 0 Å². The van der Waals surface area contributed by atoms with Crippen molar-refractivity contribution >= 4 is 22.2 Å². The molecule has 4 rings (SSSR count). The first kappa shape index (κ1) is 19.6. The van der Waals surface area contributed by atoms with Gasteiger partial charge in [-0.1, -0.05) is 60.7 Å². The average Bonchev–Trinajstić information content (AvgIpc) is 3.23. The fourth-order valence-corrected chi connectivity index (χ4v) is 4.19. The minimum absolute atomic E-state index is 0.921. The van der Waals surface area contributed by atoms with Gasteiger partial charge in [-0.25, -0.2) is 4.98 Å². The van der Waals surface area contributed by atoms with Crippen LogP contribution in [0.15, 0.2) is 83.8 Å². The average molecular weight is 402 g/mol. The van der Waals surface area contributed by atoms with E-state index in [0.29, 0.717) is 0 Å². The summed E-state index contributed by atoms with van der Waals surface area (Å²) in [7, 11) is 2.20. The lowest BCUT2D eigenvalue weighted by molar-refractivity contribution is 0.369. The molecule has 1 aliphatic rings. The van der Waals surface area contributed by atoms with Crippen LogP contribution in [0.25, 0.3) is 11.3 Å². The van der Waals surface area contributed by atoms with Gasteiger partial charge in [0.15, 0.2) is 5.13 Å². The van der Waals surface area contributed by atoms with Gasteiger partial charge in [-0.3, -0.25) is 0 Å². The molecule has 4 heteroatoms. The molecule has 29 heavy (non-hydrogen) atoms. The van der Waals surface area contributed by atoms with E-state index in [2.05, 4.69) is 77.3 Å². The largest absolute Gasteiger partial charge is 0.332 e. The quantitative estimate of drug-likeness (QED) is 0.480. The fraction of sp³-hybridized carbons (Fsp3) is 0.240. The predicted molar refractivity (Wildman–Crippen MR) is 125 cm³/mol. The summed E-state index contributed by atoms with van der Waals surface area (Å²) >= 11 is 1.63. The number of nitrogens with zero attached hydrogens (tertiary/aromatic N) is 2. The van der Waals surface area contributed by atoms with Crippen LogP contribution in [0.3, 0.4) is 0 Å². The Labute approximate surface area is 177 Å². The third-order valence-corrected chi connectivity index (χ3v) is 5.84. The van der Waals surface area contributed by atoms with Crippen molar-refractivity contribution in [1.29, 1.82) is 0 Å². The van der Waals surface area contributed by atoms with E-state index in [-0.39, 0.29) is 0 Å². The number of thiazole rings is 1. The van der Waals surface area contributed by atoms with Crippen molar-refractivity contribution in [2.24, 2.45) is 0 Å². The van der Waals surface area contributed by atoms with Gasteiger partial charge in [0.25, 0.3) is 0 Å². The Kier molecular flexibility index (Phi) is 6.55. The summed E-state index contributed by atoms with van der Waals surface area (Å²) < 4.78 is 0. The molecule has 1 N–H and O–H groups in total. The number of likely N-dealkylation sites (N-methyl/N-ethyl adjacent to an activating group) is 1. The van der Waals surface area contributed by atoms with Gasteiger partial charge in [0.2, 0.25) is 0 Å². The highest BCUT2D eigenvalue weighted by Crippen LogP contribution is 2.27. The van der Waals surface area contributed by atoms with Gasteiger partial charge in [0, 0.05) is 29.7 Å². The number of hydrogen-bond acceptors (Lipinski definition) is 4. The molecule has 0 amide bonds. The molecule has 0 atom stereocenters. The second-order valence-corrected chi connectivity index (χ2v) is 8.33. The molecule has 0 radical (unpaired) electrons. The van der Waals surface area contributed by atoms with E-state index in [1.807, 2.05) is 18.2 Å². The van der Waals surface area contributed by atoms with Gasteiger partial charge < -0.3 is 10.2 Å². The van der Waals surface area contributed by atoms with Gasteiger partial charge in [-0.2, -0.15) is 0 Å². The first-order chi connectivity index (χ1) is 14.3. The molecule has 0 aliphatic heterocycles. The van der Waals surface area contributed by atoms with E-state index < -0.39 is 0 Å². The zero-order chi connectivity index (χ0) is 19.9. The highest BCUT2D eigenvalue weighted by atomic mass is 32.1. The van der Waals surface area contributed by atoms with Crippen molar-refractivity contribution in [1.82, 2.24) is 9.88 Å². The zero-order valence-corrected chi connectivity index (χ0v) is 17.7. The van der Waals surface area contributed by atoms with Crippen LogP contribution in [0.4, 0.5) is 10.8 Å². The smallest absolute Gasteiger partial charge is 0.187 e. The first-order valence-corrected chi connectivity index (χ1v) is 11.1. The highest BCUT2D eigenvalue weighted by Gasteiger charge is 2.06. The fourth-order valence-electron chi connectivity index (χ4n) is 3.45. The summed E-state index contributed by atoms with van der Waals surface area (Å²) in [5, 5.41) is 6.44. The molecule has 1 aromatic heterocycles. The maximum absolute atomic E-state index is 4.70. The van der Waals surface area contributed by atoms with Gasteiger partial charge in [-0.15, -0.1) is 11.3 Å². The molecular formula is C25H27N3S. The summed E-state index contributed by atoms with van der Waals surface area (Å²) in [5.41, 5.74) is 6.04. The van der Waals surface area contributed by atoms with Crippen molar-refractivity contribution in [3.05, 3.63) is 89.3 Å². The Hall–Kier alpha value is -2.69. The van der Waals surface area contributed by atoms with Crippen LogP contribution in [0.5, 0.6) is 0 Å². The Morgan fingerprint density at radius 3 is 2.62 bits per heavy atom. The SMILES string of the molecule is CN(CCc1ccc(Nc2nc(-c3ccccc3)cs2)cc1)CC1=CCCC=C1. The van der Waals surface area contributed by atoms with Crippen LogP contribution >= 0.6 is 11.3 Å². The number of hydrogen-bond donors (Lipinski definition) is 1. The second kappa shape index (κ2) is 9.68. The Morgan fingerprint density at radius 1 is 1.03 bits per heavy atom. The molecule has 0 fully saturated rings. The summed E-state index contributed by atoms with van der Waals surface area (Å²) in [5.74, 6) is 0. The molecule has 3 nitrogen and oxygen atoms in total. The maximum atomic E-state index is 4.70. The highest BCUT2D eigenvalue weighted by molar-refractivity contribution is 7.14. The Balaban J connectivity index is 1.28. The molecule has 0 saturated heterocycles. The molecule has 0 spiro atoms. The number of rotatable bonds is 8. The molecular weight excluding hydrogens is 374 g/mol. The standard InChI is InChI=1S/C25H27N3S/c1-28(18-21-8-4-2-5-9-21)17-16-20-12-14-23(15-13-20)26-25-27-24(19-29-25)22-10-6-3-7-11-22/h3-4,6-15,19H,2,5,16-18H2,1H3,(H,26,27). The molecule has 0 bridgehead atoms. The van der Waals surface area contributed by atoms with E-state index in [4.69, 9.17) is 4.98 Å². The minimum Gasteiger partial charge on any atom is -0.332 e. The van der Waals surface area contributed by atoms with Crippen LogP contribution in [-0.4, -0.2) is 30.0 Å². The van der Waals surface area contributed by atoms with Crippen molar-refractivity contribution in [2.45, 2.75) is 19.3 Å². The molecule has 148 valence electrons. The summed E-state index contributed by atoms with van der Waals surface area (Å²) in [4.78, 5) is 7.10. The number of nitrogens with one attached hydrogen (secondary N) is 1. The summed E-state index contributed by atoms with van der Waals surface area (Å²) in [6.07, 6.45) is 10.3. The van der Waals surface area contributed by atoms with E-state index in [1.54, 1.807) is 11.3 Å². The summed E-state index contributed by atoms with van der Waals surface area (Å²) in [6.45, 7) is 2.09. The number of anilines is 2. The molecule has 1 heterocycles. The maximum Gasteiger partial charge on any atom is 0.187 e. The normalized spacial score (nSPS) is 13.5. The van der Waals surface area contributed by atoms with Crippen molar-refractivity contribution in [3.8, 4) is 11.3 Å². The number of aromatic nitrogens is 1. The van der Waals surface area contributed by atoms with Gasteiger partial charge in [0.05, 0.1) is 5.69 Å². The summed E-state index contributed by atoms with van der Waals surface area (Å²) in [6, 6.07) is 19.0. The molecule has 0 unspecified atom stereocenters. The van der Waals surface area contributed by atoms with E-state index >= 15 is 0 Å². The topological polar surface area (TPSA) is 28.2 Å². The predicted octanol–water partition coefficient (Wildman–Crippen LogP) is 6.30. The second-order valence-electron chi connectivity index (χ2n) is 7.47. The third kappa shape index (κ3) is 5.66. The lowest BCUT2D eigenvalue weighted by Gasteiger charge is -2.18.